The van der Waals surface area contributed by atoms with Crippen molar-refractivity contribution in [2.75, 3.05) is 51.5 Å². The summed E-state index contributed by atoms with van der Waals surface area (Å²) in [6.07, 6.45) is 2.27. The maximum atomic E-state index is 12.0. The third-order valence-electron chi connectivity index (χ3n) is 5.31. The molecule has 0 unspecified atom stereocenters. The quantitative estimate of drug-likeness (QED) is 0.233. The largest absolute Gasteiger partial charge is 0.460 e. The van der Waals surface area contributed by atoms with Crippen LogP contribution in [-0.2, 0) is 18.6 Å². The van der Waals surface area contributed by atoms with Gasteiger partial charge in [0.05, 0.1) is 38.6 Å². The van der Waals surface area contributed by atoms with Gasteiger partial charge in [-0.25, -0.2) is 4.79 Å². The number of carbonyl (C=O) groups excluding carboxylic acids is 1. The van der Waals surface area contributed by atoms with Gasteiger partial charge in [0.1, 0.15) is 6.61 Å². The fourth-order valence-corrected chi connectivity index (χ4v) is 3.33. The molecule has 1 aromatic rings. The molecule has 1 rings (SSSR count). The van der Waals surface area contributed by atoms with Crippen LogP contribution in [0.5, 0.6) is 0 Å². The van der Waals surface area contributed by atoms with Gasteiger partial charge in [-0.3, -0.25) is 0 Å². The second-order valence-corrected chi connectivity index (χ2v) is 13.6. The van der Waals surface area contributed by atoms with Crippen molar-refractivity contribution in [1.82, 2.24) is 0 Å². The number of anilines is 1. The molecule has 172 valence electrons. The molecular formula is C23H41NO5Si. The molecule has 1 aromatic carbocycles. The van der Waals surface area contributed by atoms with Crippen LogP contribution in [0, 0.1) is 0 Å². The number of hydrogen-bond donors (Lipinski definition) is 1. The predicted octanol–water partition coefficient (Wildman–Crippen LogP) is 5.11. The van der Waals surface area contributed by atoms with Gasteiger partial charge in [0.25, 0.3) is 0 Å². The van der Waals surface area contributed by atoms with Crippen molar-refractivity contribution < 1.29 is 23.4 Å². The lowest BCUT2D eigenvalue weighted by atomic mass is 10.2. The average Bonchev–Trinajstić information content (AvgIpc) is 2.69. The molecule has 0 aromatic heterocycles. The number of esters is 1. The highest BCUT2D eigenvalue weighted by Gasteiger charge is 2.36. The molecule has 0 aliphatic heterocycles. The van der Waals surface area contributed by atoms with Gasteiger partial charge in [0.15, 0.2) is 8.32 Å². The molecule has 30 heavy (non-hydrogen) atoms. The van der Waals surface area contributed by atoms with Crippen LogP contribution in [0.2, 0.25) is 18.1 Å². The lowest BCUT2D eigenvalue weighted by Gasteiger charge is -2.36. The number of unbranched alkanes of at least 4 members (excludes halogenated alkanes) is 1. The zero-order valence-corrected chi connectivity index (χ0v) is 20.7. The van der Waals surface area contributed by atoms with Crippen LogP contribution < -0.4 is 5.32 Å². The van der Waals surface area contributed by atoms with Crippen molar-refractivity contribution in [3.05, 3.63) is 29.8 Å². The fourth-order valence-electron chi connectivity index (χ4n) is 2.30. The Morgan fingerprint density at radius 2 is 1.50 bits per heavy atom. The van der Waals surface area contributed by atoms with E-state index in [0.29, 0.717) is 38.6 Å². The molecule has 0 heterocycles. The zero-order valence-electron chi connectivity index (χ0n) is 19.7. The standard InChI is InChI=1S/C23H41NO5Si/c1-7-8-13-24-21-11-9-20(10-12-21)22(25)28-18-16-26-14-15-27-17-19-29-30(5,6)23(2,3)4/h9-12,24H,7-8,13-19H2,1-6H3. The van der Waals surface area contributed by atoms with Gasteiger partial charge in [0.2, 0.25) is 0 Å². The summed E-state index contributed by atoms with van der Waals surface area (Å²) in [6.45, 7) is 17.0. The maximum Gasteiger partial charge on any atom is 0.338 e. The van der Waals surface area contributed by atoms with Crippen LogP contribution in [0.4, 0.5) is 5.69 Å². The SMILES string of the molecule is CCCCNc1ccc(C(=O)OCCOCCOCCO[Si](C)(C)C(C)(C)C)cc1. The molecular weight excluding hydrogens is 398 g/mol. The Hall–Kier alpha value is -1.41. The number of nitrogens with one attached hydrogen (secondary N) is 1. The van der Waals surface area contributed by atoms with Crippen LogP contribution in [0.25, 0.3) is 0 Å². The molecule has 7 heteroatoms. The number of hydrogen-bond acceptors (Lipinski definition) is 6. The fraction of sp³-hybridized carbons (Fsp3) is 0.696. The van der Waals surface area contributed by atoms with E-state index in [1.807, 2.05) is 12.1 Å². The topological polar surface area (TPSA) is 66.0 Å². The van der Waals surface area contributed by atoms with Gasteiger partial charge < -0.3 is 24.0 Å². The third kappa shape index (κ3) is 10.6. The highest BCUT2D eigenvalue weighted by Crippen LogP contribution is 2.36. The summed E-state index contributed by atoms with van der Waals surface area (Å²) in [7, 11) is -1.70. The van der Waals surface area contributed by atoms with Crippen molar-refractivity contribution in [3.63, 3.8) is 0 Å². The second-order valence-electron chi connectivity index (χ2n) is 8.83. The zero-order chi connectivity index (χ0) is 22.5. The molecule has 0 atom stereocenters. The molecule has 6 nitrogen and oxygen atoms in total. The van der Waals surface area contributed by atoms with E-state index in [-0.39, 0.29) is 17.6 Å². The summed E-state index contributed by atoms with van der Waals surface area (Å²) in [5.74, 6) is -0.335. The van der Waals surface area contributed by atoms with E-state index in [9.17, 15) is 4.79 Å². The monoisotopic (exact) mass is 439 g/mol. The Bertz CT molecular complexity index is 599. The smallest absolute Gasteiger partial charge is 0.338 e. The van der Waals surface area contributed by atoms with E-state index in [2.05, 4.69) is 46.1 Å². The number of ether oxygens (including phenoxy) is 3. The number of rotatable bonds is 15. The van der Waals surface area contributed by atoms with Gasteiger partial charge in [-0.15, -0.1) is 0 Å². The Morgan fingerprint density at radius 1 is 0.933 bits per heavy atom. The minimum atomic E-state index is -1.70. The van der Waals surface area contributed by atoms with Gasteiger partial charge in [-0.2, -0.15) is 0 Å². The second kappa shape index (κ2) is 13.8. The summed E-state index contributed by atoms with van der Waals surface area (Å²) in [4.78, 5) is 12.0. The normalized spacial score (nSPS) is 12.1. The van der Waals surface area contributed by atoms with E-state index >= 15 is 0 Å². The summed E-state index contributed by atoms with van der Waals surface area (Å²) >= 11 is 0. The van der Waals surface area contributed by atoms with Crippen LogP contribution in [0.15, 0.2) is 24.3 Å². The van der Waals surface area contributed by atoms with Gasteiger partial charge in [0, 0.05) is 12.2 Å². The molecule has 1 N–H and O–H groups in total. The van der Waals surface area contributed by atoms with E-state index in [1.165, 1.54) is 0 Å². The summed E-state index contributed by atoms with van der Waals surface area (Å²) < 4.78 is 22.3. The van der Waals surface area contributed by atoms with Crippen LogP contribution in [-0.4, -0.2) is 60.5 Å². The Balaban J connectivity index is 2.05. The average molecular weight is 440 g/mol. The first kappa shape index (κ1) is 26.6. The number of carbonyl (C=O) groups is 1. The Kier molecular flexibility index (Phi) is 12.2. The first-order chi connectivity index (χ1) is 14.2. The summed E-state index contributed by atoms with van der Waals surface area (Å²) in [5, 5.41) is 3.53. The Labute approximate surface area is 183 Å². The van der Waals surface area contributed by atoms with Crippen molar-refractivity contribution in [2.24, 2.45) is 0 Å². The summed E-state index contributed by atoms with van der Waals surface area (Å²) in [5.41, 5.74) is 1.55. The van der Waals surface area contributed by atoms with Crippen LogP contribution >= 0.6 is 0 Å². The van der Waals surface area contributed by atoms with Crippen molar-refractivity contribution in [3.8, 4) is 0 Å². The van der Waals surface area contributed by atoms with Crippen molar-refractivity contribution in [1.29, 1.82) is 0 Å². The highest BCUT2D eigenvalue weighted by atomic mass is 28.4. The maximum absolute atomic E-state index is 12.0. The van der Waals surface area contributed by atoms with E-state index < -0.39 is 8.32 Å². The lowest BCUT2D eigenvalue weighted by molar-refractivity contribution is 0.00989. The van der Waals surface area contributed by atoms with Gasteiger partial charge in [-0.1, -0.05) is 34.1 Å². The first-order valence-corrected chi connectivity index (χ1v) is 13.9. The molecule has 0 aliphatic carbocycles. The number of benzene rings is 1. The van der Waals surface area contributed by atoms with Crippen molar-refractivity contribution >= 4 is 20.0 Å². The predicted molar refractivity (Wildman–Crippen MR) is 125 cm³/mol. The molecule has 0 saturated carbocycles. The summed E-state index contributed by atoms with van der Waals surface area (Å²) in [6, 6.07) is 7.35. The molecule has 0 saturated heterocycles. The molecule has 0 aliphatic rings. The lowest BCUT2D eigenvalue weighted by Crippen LogP contribution is -2.41. The first-order valence-electron chi connectivity index (χ1n) is 11.0. The molecule has 0 spiro atoms. The molecule has 0 amide bonds. The van der Waals surface area contributed by atoms with Crippen LogP contribution in [0.1, 0.15) is 50.9 Å². The minimum absolute atomic E-state index is 0.209. The van der Waals surface area contributed by atoms with Gasteiger partial charge >= 0.3 is 5.97 Å². The molecule has 0 bridgehead atoms. The van der Waals surface area contributed by atoms with E-state index in [0.717, 1.165) is 25.1 Å². The van der Waals surface area contributed by atoms with Gasteiger partial charge in [-0.05, 0) is 48.8 Å². The minimum Gasteiger partial charge on any atom is -0.460 e. The van der Waals surface area contributed by atoms with E-state index in [4.69, 9.17) is 18.6 Å². The molecule has 0 radical (unpaired) electrons. The Morgan fingerprint density at radius 3 is 2.07 bits per heavy atom. The van der Waals surface area contributed by atoms with E-state index in [1.54, 1.807) is 12.1 Å². The molecule has 0 fully saturated rings. The van der Waals surface area contributed by atoms with Crippen molar-refractivity contribution in [2.45, 2.75) is 58.7 Å². The third-order valence-corrected chi connectivity index (χ3v) is 9.85. The van der Waals surface area contributed by atoms with Crippen LogP contribution in [0.3, 0.4) is 0 Å². The highest BCUT2D eigenvalue weighted by molar-refractivity contribution is 6.74.